The Hall–Kier alpha value is -1.47. The van der Waals surface area contributed by atoms with Crippen molar-refractivity contribution in [3.63, 3.8) is 0 Å². The Labute approximate surface area is 110 Å². The first-order chi connectivity index (χ1) is 8.69. The molecule has 1 aromatic carbocycles. The summed E-state index contributed by atoms with van der Waals surface area (Å²) in [6.45, 7) is 2.86. The van der Waals surface area contributed by atoms with E-state index >= 15 is 0 Å². The van der Waals surface area contributed by atoms with Gasteiger partial charge in [-0.25, -0.2) is 17.6 Å². The number of carboxylic acids is 1. The molecule has 0 heterocycles. The zero-order valence-electron chi connectivity index (χ0n) is 10.8. The molecule has 1 rings (SSSR count). The van der Waals surface area contributed by atoms with Crippen LogP contribution in [0.1, 0.15) is 22.8 Å². The highest BCUT2D eigenvalue weighted by atomic mass is 32.2. The number of hydrogen-bond acceptors (Lipinski definition) is 4. The number of aromatic carboxylic acids is 1. The van der Waals surface area contributed by atoms with E-state index in [0.717, 1.165) is 12.1 Å². The molecule has 0 aromatic heterocycles. The summed E-state index contributed by atoms with van der Waals surface area (Å²) in [5.74, 6) is -2.58. The topological polar surface area (TPSA) is 80.7 Å². The highest BCUT2D eigenvalue weighted by Crippen LogP contribution is 2.22. The van der Waals surface area contributed by atoms with Crippen molar-refractivity contribution in [1.29, 1.82) is 0 Å². The van der Waals surface area contributed by atoms with E-state index in [1.807, 2.05) is 0 Å². The van der Waals surface area contributed by atoms with E-state index in [-0.39, 0.29) is 16.2 Å². The largest absolute Gasteiger partial charge is 0.478 e. The van der Waals surface area contributed by atoms with Gasteiger partial charge < -0.3 is 9.84 Å². The molecule has 0 radical (unpaired) electrons. The number of carboxylic acid groups (broad SMARTS) is 1. The van der Waals surface area contributed by atoms with Crippen LogP contribution in [-0.4, -0.2) is 38.5 Å². The van der Waals surface area contributed by atoms with Gasteiger partial charge in [-0.15, -0.1) is 0 Å². The second kappa shape index (κ2) is 5.66. The number of hydrogen-bond donors (Lipinski definition) is 1. The summed E-state index contributed by atoms with van der Waals surface area (Å²) >= 11 is 0. The van der Waals surface area contributed by atoms with Gasteiger partial charge in [0, 0.05) is 12.7 Å². The number of rotatable bonds is 5. The van der Waals surface area contributed by atoms with Crippen molar-refractivity contribution in [2.45, 2.75) is 24.8 Å². The van der Waals surface area contributed by atoms with E-state index in [0.29, 0.717) is 0 Å². The molecule has 1 unspecified atom stereocenters. The van der Waals surface area contributed by atoms with Crippen LogP contribution in [0.2, 0.25) is 0 Å². The first kappa shape index (κ1) is 15.6. The summed E-state index contributed by atoms with van der Waals surface area (Å²) in [6.07, 6.45) is -0.569. The first-order valence-electron chi connectivity index (χ1n) is 5.48. The molecule has 0 aliphatic carbocycles. The normalized spacial score (nSPS) is 13.3. The number of carbonyl (C=O) groups is 1. The Balaban J connectivity index is 3.37. The van der Waals surface area contributed by atoms with E-state index in [9.17, 15) is 17.6 Å². The molecule has 0 saturated heterocycles. The minimum Gasteiger partial charge on any atom is -0.478 e. The van der Waals surface area contributed by atoms with Gasteiger partial charge in [0.05, 0.1) is 22.3 Å². The molecule has 0 aliphatic rings. The van der Waals surface area contributed by atoms with Crippen molar-refractivity contribution in [1.82, 2.24) is 0 Å². The fourth-order valence-electron chi connectivity index (χ4n) is 1.57. The minimum absolute atomic E-state index is 0.0895. The smallest absolute Gasteiger partial charge is 0.335 e. The third-order valence-corrected chi connectivity index (χ3v) is 4.74. The van der Waals surface area contributed by atoms with E-state index in [2.05, 4.69) is 0 Å². The van der Waals surface area contributed by atoms with Crippen LogP contribution in [0.3, 0.4) is 0 Å². The number of benzene rings is 1. The van der Waals surface area contributed by atoms with Crippen LogP contribution in [0.5, 0.6) is 0 Å². The molecule has 0 spiro atoms. The van der Waals surface area contributed by atoms with Crippen LogP contribution in [0.4, 0.5) is 4.39 Å². The number of halogens is 1. The monoisotopic (exact) mass is 290 g/mol. The fourth-order valence-corrected chi connectivity index (χ4v) is 3.37. The first-order valence-corrected chi connectivity index (χ1v) is 7.13. The maximum absolute atomic E-state index is 13.6. The molecular weight excluding hydrogens is 275 g/mol. The summed E-state index contributed by atoms with van der Waals surface area (Å²) in [5, 5.41) is 8.83. The predicted octanol–water partition coefficient (Wildman–Crippen LogP) is 1.64. The van der Waals surface area contributed by atoms with Crippen molar-refractivity contribution in [3.8, 4) is 0 Å². The summed E-state index contributed by atoms with van der Waals surface area (Å²) in [6, 6.07) is 1.77. The van der Waals surface area contributed by atoms with Crippen molar-refractivity contribution in [2.75, 3.05) is 12.9 Å². The molecule has 5 nitrogen and oxygen atoms in total. The molecule has 1 atom stereocenters. The average Bonchev–Trinajstić information content (AvgIpc) is 2.31. The maximum atomic E-state index is 13.6. The lowest BCUT2D eigenvalue weighted by atomic mass is 10.1. The molecular formula is C12H15FO5S. The highest BCUT2D eigenvalue weighted by Gasteiger charge is 2.24. The van der Waals surface area contributed by atoms with E-state index < -0.39 is 33.3 Å². The maximum Gasteiger partial charge on any atom is 0.335 e. The zero-order valence-corrected chi connectivity index (χ0v) is 11.6. The van der Waals surface area contributed by atoms with Gasteiger partial charge in [0.1, 0.15) is 5.82 Å². The Morgan fingerprint density at radius 1 is 1.47 bits per heavy atom. The fraction of sp³-hybridized carbons (Fsp3) is 0.417. The molecule has 1 aromatic rings. The van der Waals surface area contributed by atoms with Gasteiger partial charge in [-0.3, -0.25) is 0 Å². The Kier molecular flexibility index (Phi) is 4.65. The molecule has 7 heteroatoms. The molecule has 0 aliphatic heterocycles. The Morgan fingerprint density at radius 2 is 2.05 bits per heavy atom. The van der Waals surface area contributed by atoms with Gasteiger partial charge in [-0.1, -0.05) is 0 Å². The highest BCUT2D eigenvalue weighted by molar-refractivity contribution is 7.91. The molecule has 0 fully saturated rings. The molecule has 0 amide bonds. The van der Waals surface area contributed by atoms with Crippen LogP contribution >= 0.6 is 0 Å². The quantitative estimate of drug-likeness (QED) is 0.891. The standard InChI is InChI=1S/C12H15FO5S/c1-7(18-3)6-19(16,17)11-5-9(12(14)15)4-10(13)8(11)2/h4-5,7H,6H2,1-3H3,(H,14,15). The number of ether oxygens (including phenoxy) is 1. The summed E-state index contributed by atoms with van der Waals surface area (Å²) in [5.41, 5.74) is -0.486. The molecule has 1 N–H and O–H groups in total. The third-order valence-electron chi connectivity index (χ3n) is 2.74. The van der Waals surface area contributed by atoms with Gasteiger partial charge in [0.2, 0.25) is 0 Å². The number of sulfone groups is 1. The third kappa shape index (κ3) is 3.51. The lowest BCUT2D eigenvalue weighted by molar-refractivity contribution is 0.0696. The lowest BCUT2D eigenvalue weighted by Gasteiger charge is -2.13. The molecule has 106 valence electrons. The number of methoxy groups -OCH3 is 1. The molecule has 0 saturated carbocycles. The van der Waals surface area contributed by atoms with E-state index in [1.165, 1.54) is 14.0 Å². The van der Waals surface area contributed by atoms with Gasteiger partial charge in [-0.05, 0) is 26.0 Å². The Bertz CT molecular complexity index is 594. The predicted molar refractivity (Wildman–Crippen MR) is 66.6 cm³/mol. The second-order valence-corrected chi connectivity index (χ2v) is 6.22. The summed E-state index contributed by atoms with van der Waals surface area (Å²) < 4.78 is 42.7. The molecule has 19 heavy (non-hydrogen) atoms. The molecule has 0 bridgehead atoms. The van der Waals surface area contributed by atoms with E-state index in [4.69, 9.17) is 9.84 Å². The SMILES string of the molecule is COC(C)CS(=O)(=O)c1cc(C(=O)O)cc(F)c1C. The van der Waals surface area contributed by atoms with Crippen molar-refractivity contribution in [2.24, 2.45) is 0 Å². The van der Waals surface area contributed by atoms with Gasteiger partial charge in [0.25, 0.3) is 0 Å². The van der Waals surface area contributed by atoms with Crippen LogP contribution in [0, 0.1) is 12.7 Å². The van der Waals surface area contributed by atoms with Crippen molar-refractivity contribution < 1.29 is 27.4 Å². The zero-order chi connectivity index (χ0) is 14.8. The van der Waals surface area contributed by atoms with Crippen LogP contribution in [0.15, 0.2) is 17.0 Å². The van der Waals surface area contributed by atoms with Crippen LogP contribution < -0.4 is 0 Å². The second-order valence-electron chi connectivity index (χ2n) is 4.21. The minimum atomic E-state index is -3.81. The van der Waals surface area contributed by atoms with Crippen molar-refractivity contribution >= 4 is 15.8 Å². The summed E-state index contributed by atoms with van der Waals surface area (Å²) in [4.78, 5) is 10.5. The van der Waals surface area contributed by atoms with Gasteiger partial charge >= 0.3 is 5.97 Å². The Morgan fingerprint density at radius 3 is 2.53 bits per heavy atom. The van der Waals surface area contributed by atoms with Gasteiger partial charge in [-0.2, -0.15) is 0 Å². The lowest BCUT2D eigenvalue weighted by Crippen LogP contribution is -2.21. The van der Waals surface area contributed by atoms with Crippen LogP contribution in [-0.2, 0) is 14.6 Å². The van der Waals surface area contributed by atoms with Gasteiger partial charge in [0.15, 0.2) is 9.84 Å². The summed E-state index contributed by atoms with van der Waals surface area (Å²) in [7, 11) is -2.45. The van der Waals surface area contributed by atoms with E-state index in [1.54, 1.807) is 6.92 Å². The van der Waals surface area contributed by atoms with Crippen LogP contribution in [0.25, 0.3) is 0 Å². The van der Waals surface area contributed by atoms with Crippen molar-refractivity contribution in [3.05, 3.63) is 29.1 Å². The average molecular weight is 290 g/mol.